The van der Waals surface area contributed by atoms with E-state index < -0.39 is 0 Å². The van der Waals surface area contributed by atoms with E-state index in [2.05, 4.69) is 27.5 Å². The molecule has 1 amide bonds. The second kappa shape index (κ2) is 7.11. The monoisotopic (exact) mass is 349 g/mol. The van der Waals surface area contributed by atoms with Crippen LogP contribution in [0.2, 0.25) is 0 Å². The number of nitrogens with one attached hydrogen (secondary N) is 1. The number of nitrogens with zero attached hydrogens (tertiary/aromatic N) is 2. The maximum atomic E-state index is 12.3. The van der Waals surface area contributed by atoms with Crippen LogP contribution in [0.5, 0.6) is 0 Å². The molecule has 2 aromatic heterocycles. The molecule has 3 heterocycles. The molecule has 2 aromatic rings. The van der Waals surface area contributed by atoms with Crippen molar-refractivity contribution in [3.05, 3.63) is 32.5 Å². The van der Waals surface area contributed by atoms with E-state index in [1.165, 1.54) is 46.0 Å². The molecule has 0 spiro atoms. The standard InChI is InChI=1S/C17H23N3OS2/c1-11-4-6-20(7-5-11)9-14-10-22-17(18-14)19-16(21)15-8-12(2)13(3)23-15/h8,10-11H,4-7,9H2,1-3H3,(H,18,19,21). The number of likely N-dealkylation sites (tertiary alicyclic amines) is 1. The SMILES string of the molecule is Cc1cc(C(=O)Nc2nc(CN3CCC(C)CC3)cs2)sc1C. The number of thiophene rings is 1. The number of amides is 1. The lowest BCUT2D eigenvalue weighted by Crippen LogP contribution is -2.32. The normalized spacial score (nSPS) is 16.7. The van der Waals surface area contributed by atoms with Crippen molar-refractivity contribution in [2.75, 3.05) is 18.4 Å². The molecular formula is C17H23N3OS2. The molecule has 124 valence electrons. The molecule has 0 unspecified atom stereocenters. The second-order valence-electron chi connectivity index (χ2n) is 6.41. The number of rotatable bonds is 4. The van der Waals surface area contributed by atoms with Crippen molar-refractivity contribution < 1.29 is 4.79 Å². The molecule has 1 aliphatic heterocycles. The van der Waals surface area contributed by atoms with Gasteiger partial charge in [-0.1, -0.05) is 6.92 Å². The second-order valence-corrected chi connectivity index (χ2v) is 8.52. The summed E-state index contributed by atoms with van der Waals surface area (Å²) in [6.07, 6.45) is 2.54. The Bertz CT molecular complexity index is 664. The van der Waals surface area contributed by atoms with Crippen molar-refractivity contribution in [3.63, 3.8) is 0 Å². The fourth-order valence-corrected chi connectivity index (χ4v) is 4.36. The third kappa shape index (κ3) is 4.19. The summed E-state index contributed by atoms with van der Waals surface area (Å²) < 4.78 is 0. The molecule has 0 atom stereocenters. The van der Waals surface area contributed by atoms with Crippen LogP contribution in [0.3, 0.4) is 0 Å². The zero-order valence-electron chi connectivity index (χ0n) is 13.9. The first-order valence-corrected chi connectivity index (χ1v) is 9.76. The molecule has 0 saturated carbocycles. The van der Waals surface area contributed by atoms with Crippen LogP contribution in [0.25, 0.3) is 0 Å². The predicted octanol–water partition coefficient (Wildman–Crippen LogP) is 4.31. The van der Waals surface area contributed by atoms with Gasteiger partial charge in [-0.3, -0.25) is 15.0 Å². The first-order chi connectivity index (χ1) is 11.0. The van der Waals surface area contributed by atoms with Gasteiger partial charge >= 0.3 is 0 Å². The Kier molecular flexibility index (Phi) is 5.14. The Morgan fingerprint density at radius 1 is 1.39 bits per heavy atom. The summed E-state index contributed by atoms with van der Waals surface area (Å²) in [6, 6.07) is 1.94. The molecule has 0 radical (unpaired) electrons. The molecule has 6 heteroatoms. The minimum absolute atomic E-state index is 0.0566. The zero-order chi connectivity index (χ0) is 16.4. The smallest absolute Gasteiger partial charge is 0.267 e. The molecule has 0 aromatic carbocycles. The van der Waals surface area contributed by atoms with Crippen molar-refractivity contribution in [1.82, 2.24) is 9.88 Å². The molecule has 4 nitrogen and oxygen atoms in total. The van der Waals surface area contributed by atoms with Gasteiger partial charge in [-0.05, 0) is 57.3 Å². The highest BCUT2D eigenvalue weighted by molar-refractivity contribution is 7.15. The predicted molar refractivity (Wildman–Crippen MR) is 97.5 cm³/mol. The molecule has 1 saturated heterocycles. The highest BCUT2D eigenvalue weighted by atomic mass is 32.1. The van der Waals surface area contributed by atoms with Crippen LogP contribution < -0.4 is 5.32 Å². The van der Waals surface area contributed by atoms with Crippen LogP contribution in [-0.4, -0.2) is 28.9 Å². The number of carbonyl (C=O) groups is 1. The van der Waals surface area contributed by atoms with Gasteiger partial charge < -0.3 is 0 Å². The molecular weight excluding hydrogens is 326 g/mol. The van der Waals surface area contributed by atoms with E-state index in [1.54, 1.807) is 0 Å². The third-order valence-electron chi connectivity index (χ3n) is 4.42. The zero-order valence-corrected chi connectivity index (χ0v) is 15.5. The third-order valence-corrected chi connectivity index (χ3v) is 6.38. The molecule has 0 aliphatic carbocycles. The van der Waals surface area contributed by atoms with E-state index in [1.807, 2.05) is 19.9 Å². The highest BCUT2D eigenvalue weighted by Crippen LogP contribution is 2.24. The van der Waals surface area contributed by atoms with Gasteiger partial charge in [0.25, 0.3) is 5.91 Å². The maximum absolute atomic E-state index is 12.3. The number of aryl methyl sites for hydroxylation is 2. The van der Waals surface area contributed by atoms with Gasteiger partial charge in [0.15, 0.2) is 5.13 Å². The van der Waals surface area contributed by atoms with E-state index in [9.17, 15) is 4.79 Å². The lowest BCUT2D eigenvalue weighted by atomic mass is 9.99. The maximum Gasteiger partial charge on any atom is 0.267 e. The number of thiazole rings is 1. The van der Waals surface area contributed by atoms with E-state index in [0.717, 1.165) is 36.1 Å². The molecule has 1 N–H and O–H groups in total. The average molecular weight is 350 g/mol. The quantitative estimate of drug-likeness (QED) is 0.895. The van der Waals surface area contributed by atoms with Crippen molar-refractivity contribution in [2.45, 2.75) is 40.2 Å². The lowest BCUT2D eigenvalue weighted by Gasteiger charge is -2.29. The fraction of sp³-hybridized carbons (Fsp3) is 0.529. The first kappa shape index (κ1) is 16.6. The van der Waals surface area contributed by atoms with E-state index >= 15 is 0 Å². The summed E-state index contributed by atoms with van der Waals surface area (Å²) in [5.41, 5.74) is 2.22. The van der Waals surface area contributed by atoms with Gasteiger partial charge in [0.2, 0.25) is 0 Å². The number of hydrogen-bond donors (Lipinski definition) is 1. The van der Waals surface area contributed by atoms with Crippen molar-refractivity contribution in [1.29, 1.82) is 0 Å². The Labute approximate surface area is 145 Å². The largest absolute Gasteiger partial charge is 0.297 e. The minimum Gasteiger partial charge on any atom is -0.297 e. The van der Waals surface area contributed by atoms with Crippen LogP contribution in [-0.2, 0) is 6.54 Å². The summed E-state index contributed by atoms with van der Waals surface area (Å²) in [6.45, 7) is 9.57. The first-order valence-electron chi connectivity index (χ1n) is 8.06. The minimum atomic E-state index is -0.0566. The number of aromatic nitrogens is 1. The average Bonchev–Trinajstić information content (AvgIpc) is 3.09. The Morgan fingerprint density at radius 3 is 2.78 bits per heavy atom. The van der Waals surface area contributed by atoms with Crippen LogP contribution in [0.1, 0.15) is 45.6 Å². The van der Waals surface area contributed by atoms with Crippen molar-refractivity contribution in [2.24, 2.45) is 5.92 Å². The van der Waals surface area contributed by atoms with Gasteiger partial charge in [0.1, 0.15) is 0 Å². The molecule has 3 rings (SSSR count). The number of anilines is 1. The number of piperidine rings is 1. The summed E-state index contributed by atoms with van der Waals surface area (Å²) in [4.78, 5) is 21.2. The van der Waals surface area contributed by atoms with E-state index in [4.69, 9.17) is 0 Å². The number of carbonyl (C=O) groups excluding carboxylic acids is 1. The summed E-state index contributed by atoms with van der Waals surface area (Å²) in [5.74, 6) is 0.785. The summed E-state index contributed by atoms with van der Waals surface area (Å²) >= 11 is 3.04. The van der Waals surface area contributed by atoms with Crippen LogP contribution in [0.4, 0.5) is 5.13 Å². The molecule has 0 bridgehead atoms. The van der Waals surface area contributed by atoms with Crippen LogP contribution >= 0.6 is 22.7 Å². The van der Waals surface area contributed by atoms with Gasteiger partial charge in [-0.15, -0.1) is 22.7 Å². The molecule has 1 fully saturated rings. The Balaban J connectivity index is 1.57. The van der Waals surface area contributed by atoms with Gasteiger partial charge in [-0.25, -0.2) is 4.98 Å². The van der Waals surface area contributed by atoms with Crippen LogP contribution in [0.15, 0.2) is 11.4 Å². The summed E-state index contributed by atoms with van der Waals surface area (Å²) in [5, 5.41) is 5.67. The topological polar surface area (TPSA) is 45.2 Å². The van der Waals surface area contributed by atoms with E-state index in [0.29, 0.717) is 5.13 Å². The van der Waals surface area contributed by atoms with Gasteiger partial charge in [0, 0.05) is 16.8 Å². The van der Waals surface area contributed by atoms with Crippen LogP contribution in [0, 0.1) is 19.8 Å². The van der Waals surface area contributed by atoms with Gasteiger partial charge in [0.05, 0.1) is 10.6 Å². The van der Waals surface area contributed by atoms with Crippen molar-refractivity contribution >= 4 is 33.7 Å². The fourth-order valence-electron chi connectivity index (χ4n) is 2.73. The molecule has 1 aliphatic rings. The van der Waals surface area contributed by atoms with Gasteiger partial charge in [-0.2, -0.15) is 0 Å². The van der Waals surface area contributed by atoms with Crippen molar-refractivity contribution in [3.8, 4) is 0 Å². The Hall–Kier alpha value is -1.24. The van der Waals surface area contributed by atoms with E-state index in [-0.39, 0.29) is 5.91 Å². The molecule has 23 heavy (non-hydrogen) atoms. The number of hydrogen-bond acceptors (Lipinski definition) is 5. The summed E-state index contributed by atoms with van der Waals surface area (Å²) in [7, 11) is 0. The Morgan fingerprint density at radius 2 is 2.13 bits per heavy atom. The lowest BCUT2D eigenvalue weighted by molar-refractivity contribution is 0.103. The highest BCUT2D eigenvalue weighted by Gasteiger charge is 2.17.